The predicted molar refractivity (Wildman–Crippen MR) is 72.1 cm³/mol. The zero-order valence-electron chi connectivity index (χ0n) is 11.4. The highest BCUT2D eigenvalue weighted by atomic mass is 16.7. The molecule has 2 rings (SSSR count). The Morgan fingerprint density at radius 1 is 1.37 bits per heavy atom. The number of aliphatic hydroxyl groups is 1. The van der Waals surface area contributed by atoms with Gasteiger partial charge in [-0.25, -0.2) is 0 Å². The Morgan fingerprint density at radius 3 is 3.00 bits per heavy atom. The molecule has 0 unspecified atom stereocenters. The molecule has 1 aliphatic heterocycles. The van der Waals surface area contributed by atoms with Crippen molar-refractivity contribution in [1.82, 2.24) is 0 Å². The molecule has 0 bridgehead atoms. The van der Waals surface area contributed by atoms with Crippen LogP contribution in [0, 0.1) is 0 Å². The Bertz CT molecular complexity index is 372. The van der Waals surface area contributed by atoms with Crippen LogP contribution in [0.5, 0.6) is 5.75 Å². The second-order valence-electron chi connectivity index (χ2n) is 4.76. The van der Waals surface area contributed by atoms with E-state index in [1.54, 1.807) is 6.92 Å². The molecule has 0 aliphatic carbocycles. The van der Waals surface area contributed by atoms with Crippen LogP contribution in [0.2, 0.25) is 0 Å². The summed E-state index contributed by atoms with van der Waals surface area (Å²) in [6, 6.07) is 7.48. The summed E-state index contributed by atoms with van der Waals surface area (Å²) in [5.41, 5.74) is 0.856. The van der Waals surface area contributed by atoms with Crippen molar-refractivity contribution in [2.45, 2.75) is 38.6 Å². The first kappa shape index (κ1) is 14.3. The van der Waals surface area contributed by atoms with Gasteiger partial charge in [0.1, 0.15) is 12.4 Å². The smallest absolute Gasteiger partial charge is 0.157 e. The third-order valence-electron chi connectivity index (χ3n) is 3.13. The topological polar surface area (TPSA) is 47.9 Å². The van der Waals surface area contributed by atoms with Crippen LogP contribution in [0.3, 0.4) is 0 Å². The molecule has 1 aliphatic rings. The van der Waals surface area contributed by atoms with E-state index in [0.717, 1.165) is 30.8 Å². The number of benzene rings is 1. The normalized spacial score (nSPS) is 21.1. The van der Waals surface area contributed by atoms with E-state index in [4.69, 9.17) is 14.2 Å². The number of ether oxygens (including phenoxy) is 3. The average Bonchev–Trinajstić information content (AvgIpc) is 2.45. The lowest BCUT2D eigenvalue weighted by Gasteiger charge is -2.22. The first-order chi connectivity index (χ1) is 9.25. The molecular formula is C15H22O4. The number of hydrogen-bond acceptors (Lipinski definition) is 4. The standard InChI is InChI=1S/C15H22O4/c1-12(16)13-5-4-6-14(11-13)17-9-10-19-15-7-2-3-8-18-15/h4-6,11-12,15-16H,2-3,7-10H2,1H3/t12-,15-/m1/s1. The van der Waals surface area contributed by atoms with Gasteiger partial charge in [-0.3, -0.25) is 0 Å². The molecule has 0 amide bonds. The second kappa shape index (κ2) is 7.48. The maximum atomic E-state index is 9.49. The summed E-state index contributed by atoms with van der Waals surface area (Å²) in [5.74, 6) is 0.756. The molecule has 1 heterocycles. The number of aliphatic hydroxyl groups excluding tert-OH is 1. The lowest BCUT2D eigenvalue weighted by atomic mass is 10.1. The maximum Gasteiger partial charge on any atom is 0.157 e. The van der Waals surface area contributed by atoms with Crippen LogP contribution in [0.25, 0.3) is 0 Å². The van der Waals surface area contributed by atoms with Crippen LogP contribution in [-0.2, 0) is 9.47 Å². The third-order valence-corrected chi connectivity index (χ3v) is 3.13. The summed E-state index contributed by atoms with van der Waals surface area (Å²) >= 11 is 0. The van der Waals surface area contributed by atoms with Crippen molar-refractivity contribution in [3.05, 3.63) is 29.8 Å². The molecule has 0 spiro atoms. The summed E-state index contributed by atoms with van der Waals surface area (Å²) in [5, 5.41) is 9.49. The minimum atomic E-state index is -0.476. The summed E-state index contributed by atoms with van der Waals surface area (Å²) in [6.45, 7) is 3.54. The fourth-order valence-corrected chi connectivity index (χ4v) is 2.05. The van der Waals surface area contributed by atoms with Gasteiger partial charge in [0.2, 0.25) is 0 Å². The molecule has 0 aromatic heterocycles. The molecule has 1 aromatic rings. The quantitative estimate of drug-likeness (QED) is 0.804. The zero-order chi connectivity index (χ0) is 13.5. The molecule has 0 radical (unpaired) electrons. The van der Waals surface area contributed by atoms with Crippen molar-refractivity contribution in [3.8, 4) is 5.75 Å². The molecule has 4 nitrogen and oxygen atoms in total. The monoisotopic (exact) mass is 266 g/mol. The van der Waals surface area contributed by atoms with Crippen LogP contribution in [0.4, 0.5) is 0 Å². The molecule has 1 saturated heterocycles. The lowest BCUT2D eigenvalue weighted by Crippen LogP contribution is -2.24. The van der Waals surface area contributed by atoms with E-state index in [-0.39, 0.29) is 6.29 Å². The highest BCUT2D eigenvalue weighted by molar-refractivity contribution is 5.29. The summed E-state index contributed by atoms with van der Waals surface area (Å²) in [4.78, 5) is 0. The Kier molecular flexibility index (Phi) is 5.63. The van der Waals surface area contributed by atoms with E-state index in [1.807, 2.05) is 24.3 Å². The van der Waals surface area contributed by atoms with E-state index in [9.17, 15) is 5.11 Å². The molecule has 1 N–H and O–H groups in total. The van der Waals surface area contributed by atoms with Crippen LogP contribution in [0.15, 0.2) is 24.3 Å². The number of rotatable bonds is 6. The molecule has 2 atom stereocenters. The fourth-order valence-electron chi connectivity index (χ4n) is 2.05. The van der Waals surface area contributed by atoms with Crippen molar-refractivity contribution >= 4 is 0 Å². The van der Waals surface area contributed by atoms with Gasteiger partial charge in [-0.2, -0.15) is 0 Å². The Labute approximate surface area is 114 Å². The van der Waals surface area contributed by atoms with Crippen molar-refractivity contribution in [3.63, 3.8) is 0 Å². The van der Waals surface area contributed by atoms with E-state index in [1.165, 1.54) is 6.42 Å². The molecule has 19 heavy (non-hydrogen) atoms. The van der Waals surface area contributed by atoms with Crippen LogP contribution in [-0.4, -0.2) is 31.2 Å². The van der Waals surface area contributed by atoms with E-state index in [0.29, 0.717) is 13.2 Å². The largest absolute Gasteiger partial charge is 0.491 e. The third kappa shape index (κ3) is 4.82. The minimum absolute atomic E-state index is 0.0684. The van der Waals surface area contributed by atoms with E-state index >= 15 is 0 Å². The highest BCUT2D eigenvalue weighted by Crippen LogP contribution is 2.19. The fraction of sp³-hybridized carbons (Fsp3) is 0.600. The maximum absolute atomic E-state index is 9.49. The van der Waals surface area contributed by atoms with Crippen LogP contribution in [0.1, 0.15) is 37.9 Å². The molecule has 0 saturated carbocycles. The van der Waals surface area contributed by atoms with Gasteiger partial charge in [0.15, 0.2) is 6.29 Å². The second-order valence-corrected chi connectivity index (χ2v) is 4.76. The van der Waals surface area contributed by atoms with Gasteiger partial charge in [0, 0.05) is 6.61 Å². The van der Waals surface area contributed by atoms with Gasteiger partial charge < -0.3 is 19.3 Å². The first-order valence-electron chi connectivity index (χ1n) is 6.90. The van der Waals surface area contributed by atoms with Crippen molar-refractivity contribution in [2.24, 2.45) is 0 Å². The van der Waals surface area contributed by atoms with Gasteiger partial charge in [0.05, 0.1) is 12.7 Å². The molecule has 1 fully saturated rings. The summed E-state index contributed by atoms with van der Waals surface area (Å²) in [7, 11) is 0. The molecule has 106 valence electrons. The van der Waals surface area contributed by atoms with Gasteiger partial charge in [-0.1, -0.05) is 12.1 Å². The molecule has 4 heteroatoms. The van der Waals surface area contributed by atoms with Gasteiger partial charge in [-0.15, -0.1) is 0 Å². The predicted octanol–water partition coefficient (Wildman–Crippen LogP) is 2.66. The molecule has 1 aromatic carbocycles. The first-order valence-corrected chi connectivity index (χ1v) is 6.90. The lowest BCUT2D eigenvalue weighted by molar-refractivity contribution is -0.165. The summed E-state index contributed by atoms with van der Waals surface area (Å²) in [6.07, 6.45) is 2.72. The van der Waals surface area contributed by atoms with Crippen molar-refractivity contribution < 1.29 is 19.3 Å². The van der Waals surface area contributed by atoms with E-state index < -0.39 is 6.10 Å². The average molecular weight is 266 g/mol. The zero-order valence-corrected chi connectivity index (χ0v) is 11.4. The molecular weight excluding hydrogens is 244 g/mol. The Hall–Kier alpha value is -1.10. The Morgan fingerprint density at radius 2 is 2.26 bits per heavy atom. The minimum Gasteiger partial charge on any atom is -0.491 e. The van der Waals surface area contributed by atoms with Gasteiger partial charge in [-0.05, 0) is 43.9 Å². The van der Waals surface area contributed by atoms with E-state index in [2.05, 4.69) is 0 Å². The van der Waals surface area contributed by atoms with Crippen LogP contribution >= 0.6 is 0 Å². The van der Waals surface area contributed by atoms with Crippen molar-refractivity contribution in [1.29, 1.82) is 0 Å². The van der Waals surface area contributed by atoms with Crippen LogP contribution < -0.4 is 4.74 Å². The highest BCUT2D eigenvalue weighted by Gasteiger charge is 2.13. The SMILES string of the molecule is C[C@@H](O)c1cccc(OCCO[C@@H]2CCCCO2)c1. The van der Waals surface area contributed by atoms with Gasteiger partial charge >= 0.3 is 0 Å². The van der Waals surface area contributed by atoms with Crippen molar-refractivity contribution in [2.75, 3.05) is 19.8 Å². The van der Waals surface area contributed by atoms with Gasteiger partial charge in [0.25, 0.3) is 0 Å². The Balaban J connectivity index is 1.68. The number of hydrogen-bond donors (Lipinski definition) is 1. The summed E-state index contributed by atoms with van der Waals surface area (Å²) < 4.78 is 16.7.